The van der Waals surface area contributed by atoms with Gasteiger partial charge in [0.25, 0.3) is 0 Å². The molecule has 1 aliphatic heterocycles. The van der Waals surface area contributed by atoms with Crippen molar-refractivity contribution in [3.8, 4) is 11.5 Å². The maximum Gasteiger partial charge on any atom is 0.229 e. The van der Waals surface area contributed by atoms with Crippen molar-refractivity contribution in [1.82, 2.24) is 0 Å². The number of Topliss-reactive ketones (excluding diaryl/α,β-unsaturated/α-hetero) is 1. The van der Waals surface area contributed by atoms with Crippen LogP contribution in [-0.4, -0.2) is 81.2 Å². The summed E-state index contributed by atoms with van der Waals surface area (Å²) in [6, 6.07) is 5.94. The van der Waals surface area contributed by atoms with Gasteiger partial charge in [0.15, 0.2) is 11.6 Å². The lowest BCUT2D eigenvalue weighted by molar-refractivity contribution is -0.268. The number of hydrogen-bond donors (Lipinski definition) is 4. The van der Waals surface area contributed by atoms with E-state index in [4.69, 9.17) is 14.2 Å². The topological polar surface area (TPSA) is 160 Å². The molecule has 1 saturated heterocycles. The Kier molecular flexibility index (Phi) is 5.77. The normalized spacial score (nSPS) is 31.4. The summed E-state index contributed by atoms with van der Waals surface area (Å²) in [5, 5.41) is 41.4. The van der Waals surface area contributed by atoms with Crippen molar-refractivity contribution in [3.63, 3.8) is 0 Å². The molecule has 0 unspecified atom stereocenters. The van der Waals surface area contributed by atoms with Crippen molar-refractivity contribution in [3.05, 3.63) is 57.6 Å². The van der Waals surface area contributed by atoms with Crippen LogP contribution in [0.25, 0.3) is 0 Å². The van der Waals surface area contributed by atoms with Crippen LogP contribution in [0, 0.1) is 0 Å². The fourth-order valence-electron chi connectivity index (χ4n) is 5.24. The predicted octanol–water partition coefficient (Wildman–Crippen LogP) is 0.557. The Morgan fingerprint density at radius 1 is 0.917 bits per heavy atom. The smallest absolute Gasteiger partial charge is 0.229 e. The van der Waals surface area contributed by atoms with Crippen LogP contribution in [0.4, 0.5) is 0 Å². The second-order valence-electron chi connectivity index (χ2n) is 9.77. The van der Waals surface area contributed by atoms with E-state index >= 15 is 0 Å². The van der Waals surface area contributed by atoms with Crippen molar-refractivity contribution >= 4 is 17.3 Å². The van der Waals surface area contributed by atoms with Gasteiger partial charge in [-0.3, -0.25) is 14.4 Å². The van der Waals surface area contributed by atoms with Gasteiger partial charge in [0.2, 0.25) is 12.1 Å². The summed E-state index contributed by atoms with van der Waals surface area (Å²) in [4.78, 5) is 40.7. The lowest BCUT2D eigenvalue weighted by atomic mass is 9.73. The SMILES string of the molecule is COc1cccc2c1C(=O)c1c(O[C@@H]3O[C@@H](C)[C@H](O)[C@@H](O)[C@H]3O)cc3c(c1C2=O)C(=O)C[C@](C)(O)C3. The predicted molar refractivity (Wildman–Crippen MR) is 123 cm³/mol. The maximum absolute atomic E-state index is 13.8. The lowest BCUT2D eigenvalue weighted by Gasteiger charge is -2.39. The Labute approximate surface area is 206 Å². The molecule has 2 aliphatic carbocycles. The second kappa shape index (κ2) is 8.46. The first-order chi connectivity index (χ1) is 16.9. The highest BCUT2D eigenvalue weighted by molar-refractivity contribution is 6.33. The quantitative estimate of drug-likeness (QED) is 0.402. The lowest BCUT2D eigenvalue weighted by Crippen LogP contribution is -2.58. The van der Waals surface area contributed by atoms with Gasteiger partial charge in [-0.25, -0.2) is 0 Å². The van der Waals surface area contributed by atoms with Crippen molar-refractivity contribution in [1.29, 1.82) is 0 Å². The highest BCUT2D eigenvalue weighted by Gasteiger charge is 2.46. The molecule has 1 heterocycles. The van der Waals surface area contributed by atoms with E-state index in [0.717, 1.165) is 0 Å². The summed E-state index contributed by atoms with van der Waals surface area (Å²) in [7, 11) is 1.36. The minimum Gasteiger partial charge on any atom is -0.496 e. The number of carbonyl (C=O) groups excluding carboxylic acids is 3. The molecule has 6 atom stereocenters. The third-order valence-electron chi connectivity index (χ3n) is 6.99. The third-order valence-corrected chi connectivity index (χ3v) is 6.99. The standard InChI is InChI=1S/C26H26O10/c1-10-20(28)23(31)24(32)25(35-10)36-15-7-11-8-26(2,33)9-13(27)16(11)19-18(15)22(30)17-12(21(19)29)5-4-6-14(17)34-3/h4-7,10,20,23-25,28,31-33H,8-9H2,1-3H3/t10-,20-,23+,24+,25-,26+/m0/s1. The summed E-state index contributed by atoms with van der Waals surface area (Å²) in [5.74, 6) is -1.69. The summed E-state index contributed by atoms with van der Waals surface area (Å²) >= 11 is 0. The average Bonchev–Trinajstić information content (AvgIpc) is 2.82. The fourth-order valence-corrected chi connectivity index (χ4v) is 5.24. The minimum atomic E-state index is -1.68. The van der Waals surface area contributed by atoms with E-state index in [1.54, 1.807) is 6.07 Å². The molecule has 36 heavy (non-hydrogen) atoms. The molecule has 3 aliphatic rings. The number of methoxy groups -OCH3 is 1. The van der Waals surface area contributed by atoms with Gasteiger partial charge in [-0.2, -0.15) is 0 Å². The number of aliphatic hydroxyl groups is 4. The van der Waals surface area contributed by atoms with E-state index in [-0.39, 0.29) is 52.2 Å². The molecule has 0 radical (unpaired) electrons. The van der Waals surface area contributed by atoms with Gasteiger partial charge in [0.05, 0.1) is 29.9 Å². The van der Waals surface area contributed by atoms with Gasteiger partial charge in [-0.15, -0.1) is 0 Å². The van der Waals surface area contributed by atoms with E-state index in [0.29, 0.717) is 5.56 Å². The Morgan fingerprint density at radius 2 is 1.64 bits per heavy atom. The van der Waals surface area contributed by atoms with Crippen LogP contribution in [0.15, 0.2) is 24.3 Å². The van der Waals surface area contributed by atoms with E-state index in [1.807, 2.05) is 0 Å². The number of aliphatic hydroxyl groups excluding tert-OH is 3. The number of fused-ring (bicyclic) bond motifs is 4. The molecule has 0 aromatic heterocycles. The number of ether oxygens (including phenoxy) is 3. The highest BCUT2D eigenvalue weighted by Crippen LogP contribution is 2.44. The zero-order chi connectivity index (χ0) is 26.1. The molecule has 10 heteroatoms. The molecule has 0 spiro atoms. The van der Waals surface area contributed by atoms with Crippen molar-refractivity contribution in [2.75, 3.05) is 7.11 Å². The van der Waals surface area contributed by atoms with Gasteiger partial charge >= 0.3 is 0 Å². The summed E-state index contributed by atoms with van der Waals surface area (Å²) in [6.07, 6.45) is -7.27. The van der Waals surface area contributed by atoms with Crippen molar-refractivity contribution in [2.24, 2.45) is 0 Å². The van der Waals surface area contributed by atoms with Gasteiger partial charge in [0.1, 0.15) is 29.8 Å². The minimum absolute atomic E-state index is 0.00601. The number of carbonyl (C=O) groups is 3. The van der Waals surface area contributed by atoms with Crippen molar-refractivity contribution < 1.29 is 49.0 Å². The number of rotatable bonds is 3. The molecule has 0 saturated carbocycles. The first-order valence-corrected chi connectivity index (χ1v) is 11.5. The van der Waals surface area contributed by atoms with Gasteiger partial charge < -0.3 is 34.6 Å². The van der Waals surface area contributed by atoms with E-state index in [2.05, 4.69) is 0 Å². The first kappa shape index (κ1) is 24.5. The van der Waals surface area contributed by atoms with Crippen LogP contribution in [0.3, 0.4) is 0 Å². The average molecular weight is 498 g/mol. The molecular formula is C26H26O10. The first-order valence-electron chi connectivity index (χ1n) is 11.5. The molecular weight excluding hydrogens is 472 g/mol. The molecule has 1 fully saturated rings. The molecule has 190 valence electrons. The fraction of sp³-hybridized carbons (Fsp3) is 0.423. The zero-order valence-electron chi connectivity index (χ0n) is 19.8. The number of hydrogen-bond acceptors (Lipinski definition) is 10. The monoisotopic (exact) mass is 498 g/mol. The van der Waals surface area contributed by atoms with Crippen LogP contribution in [0.2, 0.25) is 0 Å². The summed E-state index contributed by atoms with van der Waals surface area (Å²) in [5.41, 5.74) is -1.30. The Hall–Kier alpha value is -3.15. The van der Waals surface area contributed by atoms with Gasteiger partial charge in [-0.1, -0.05) is 12.1 Å². The van der Waals surface area contributed by atoms with Gasteiger partial charge in [-0.05, 0) is 31.5 Å². The largest absolute Gasteiger partial charge is 0.496 e. The van der Waals surface area contributed by atoms with Crippen LogP contribution < -0.4 is 9.47 Å². The second-order valence-corrected chi connectivity index (χ2v) is 9.77. The zero-order valence-corrected chi connectivity index (χ0v) is 19.8. The van der Waals surface area contributed by atoms with E-state index in [9.17, 15) is 34.8 Å². The van der Waals surface area contributed by atoms with E-state index in [1.165, 1.54) is 39.2 Å². The van der Waals surface area contributed by atoms with Crippen LogP contribution in [-0.2, 0) is 11.2 Å². The maximum atomic E-state index is 13.8. The Morgan fingerprint density at radius 3 is 2.33 bits per heavy atom. The van der Waals surface area contributed by atoms with Gasteiger partial charge in [0, 0.05) is 29.5 Å². The van der Waals surface area contributed by atoms with Crippen LogP contribution in [0.1, 0.15) is 68.0 Å². The molecule has 10 nitrogen and oxygen atoms in total. The van der Waals surface area contributed by atoms with Crippen LogP contribution in [0.5, 0.6) is 11.5 Å². The van der Waals surface area contributed by atoms with Crippen molar-refractivity contribution in [2.45, 2.75) is 63.0 Å². The van der Waals surface area contributed by atoms with E-state index < -0.39 is 53.7 Å². The molecule has 0 bridgehead atoms. The van der Waals surface area contributed by atoms with Crippen LogP contribution >= 0.6 is 0 Å². The number of benzene rings is 2. The summed E-state index contributed by atoms with van der Waals surface area (Å²) in [6.45, 7) is 2.97. The molecule has 0 amide bonds. The summed E-state index contributed by atoms with van der Waals surface area (Å²) < 4.78 is 16.7. The third kappa shape index (κ3) is 3.64. The molecule has 2 aromatic rings. The molecule has 5 rings (SSSR count). The molecule has 2 aromatic carbocycles. The number of ketones is 3. The Balaban J connectivity index is 1.72. The Bertz CT molecular complexity index is 1300. The highest BCUT2D eigenvalue weighted by atomic mass is 16.7. The molecule has 4 N–H and O–H groups in total.